The monoisotopic (exact) mass is 296 g/mol. The van der Waals surface area contributed by atoms with Gasteiger partial charge in [-0.15, -0.1) is 0 Å². The van der Waals surface area contributed by atoms with Gasteiger partial charge < -0.3 is 10.1 Å². The van der Waals surface area contributed by atoms with Crippen LogP contribution in [-0.2, 0) is 4.74 Å². The lowest BCUT2D eigenvalue weighted by Gasteiger charge is -2.29. The molecule has 20 heavy (non-hydrogen) atoms. The van der Waals surface area contributed by atoms with Crippen molar-refractivity contribution >= 4 is 17.3 Å². The molecule has 1 aliphatic rings. The van der Waals surface area contributed by atoms with Crippen LogP contribution >= 0.6 is 11.6 Å². The Kier molecular flexibility index (Phi) is 6.14. The third-order valence-electron chi connectivity index (χ3n) is 4.02. The van der Waals surface area contributed by atoms with Crippen LogP contribution in [0.25, 0.3) is 0 Å². The molecule has 112 valence electrons. The van der Waals surface area contributed by atoms with Crippen molar-refractivity contribution in [2.45, 2.75) is 25.8 Å². The predicted octanol–water partition coefficient (Wildman–Crippen LogP) is 3.50. The Morgan fingerprint density at radius 3 is 2.85 bits per heavy atom. The maximum absolute atomic E-state index is 5.99. The Morgan fingerprint density at radius 2 is 2.20 bits per heavy atom. The van der Waals surface area contributed by atoms with Crippen molar-refractivity contribution in [2.75, 3.05) is 38.7 Å². The van der Waals surface area contributed by atoms with Crippen molar-refractivity contribution in [1.82, 2.24) is 4.90 Å². The number of halogens is 1. The number of hydrogen-bond donors (Lipinski definition) is 1. The Morgan fingerprint density at radius 1 is 1.40 bits per heavy atom. The van der Waals surface area contributed by atoms with Gasteiger partial charge in [-0.1, -0.05) is 17.7 Å². The minimum atomic E-state index is 0.659. The Hall–Kier alpha value is -0.770. The third-order valence-corrected chi connectivity index (χ3v) is 4.25. The highest BCUT2D eigenvalue weighted by molar-refractivity contribution is 6.30. The number of hydrogen-bond acceptors (Lipinski definition) is 3. The Balaban J connectivity index is 1.78. The molecule has 1 aliphatic carbocycles. The number of ether oxygens (including phenoxy) is 1. The summed E-state index contributed by atoms with van der Waals surface area (Å²) in [5.74, 6) is 0.887. The van der Waals surface area contributed by atoms with Gasteiger partial charge in [-0.05, 0) is 43.9 Å². The summed E-state index contributed by atoms with van der Waals surface area (Å²) in [5.41, 5.74) is 1.09. The average molecular weight is 297 g/mol. The first kappa shape index (κ1) is 15.6. The van der Waals surface area contributed by atoms with E-state index >= 15 is 0 Å². The molecular formula is C16H25ClN2O. The van der Waals surface area contributed by atoms with E-state index in [0.717, 1.165) is 42.9 Å². The molecule has 0 spiro atoms. The van der Waals surface area contributed by atoms with Gasteiger partial charge in [-0.2, -0.15) is 0 Å². The molecule has 4 heteroatoms. The van der Waals surface area contributed by atoms with Gasteiger partial charge in [-0.25, -0.2) is 0 Å². The molecule has 0 saturated heterocycles. The van der Waals surface area contributed by atoms with Crippen molar-refractivity contribution < 1.29 is 4.74 Å². The maximum atomic E-state index is 5.99. The largest absolute Gasteiger partial charge is 0.384 e. The minimum Gasteiger partial charge on any atom is -0.384 e. The number of nitrogens with zero attached hydrogens (tertiary/aromatic N) is 1. The van der Waals surface area contributed by atoms with Crippen molar-refractivity contribution in [3.8, 4) is 0 Å². The zero-order valence-corrected chi connectivity index (χ0v) is 13.2. The molecular weight excluding hydrogens is 272 g/mol. The van der Waals surface area contributed by atoms with E-state index in [1.54, 1.807) is 7.11 Å². The fourth-order valence-corrected chi connectivity index (χ4v) is 2.74. The van der Waals surface area contributed by atoms with E-state index in [4.69, 9.17) is 16.3 Å². The summed E-state index contributed by atoms with van der Waals surface area (Å²) in [6.45, 7) is 6.11. The first-order valence-corrected chi connectivity index (χ1v) is 7.81. The molecule has 0 heterocycles. The van der Waals surface area contributed by atoms with E-state index in [-0.39, 0.29) is 0 Å². The highest BCUT2D eigenvalue weighted by atomic mass is 35.5. The van der Waals surface area contributed by atoms with Gasteiger partial charge in [0.25, 0.3) is 0 Å². The second kappa shape index (κ2) is 7.87. The highest BCUT2D eigenvalue weighted by Gasteiger charge is 2.31. The van der Waals surface area contributed by atoms with Crippen molar-refractivity contribution in [3.63, 3.8) is 0 Å². The summed E-state index contributed by atoms with van der Waals surface area (Å²) in [6, 6.07) is 8.54. The second-order valence-corrected chi connectivity index (χ2v) is 5.98. The van der Waals surface area contributed by atoms with Crippen LogP contribution in [0.4, 0.5) is 5.69 Å². The van der Waals surface area contributed by atoms with Crippen LogP contribution in [0.15, 0.2) is 24.3 Å². The number of methoxy groups -OCH3 is 1. The first-order valence-electron chi connectivity index (χ1n) is 7.43. The summed E-state index contributed by atoms with van der Waals surface area (Å²) < 4.78 is 5.22. The summed E-state index contributed by atoms with van der Waals surface area (Å²) in [4.78, 5) is 2.53. The predicted molar refractivity (Wildman–Crippen MR) is 85.6 cm³/mol. The molecule has 3 nitrogen and oxygen atoms in total. The van der Waals surface area contributed by atoms with Gasteiger partial charge in [0.15, 0.2) is 0 Å². The van der Waals surface area contributed by atoms with E-state index in [1.165, 1.54) is 12.8 Å². The quantitative estimate of drug-likeness (QED) is 0.755. The standard InChI is InChI=1S/C16H25ClN2O/c1-13(14-6-7-14)19(10-11-20-2)9-8-18-16-5-3-4-15(17)12-16/h3-5,12-14,18H,6-11H2,1-2H3. The molecule has 0 aromatic heterocycles. The number of benzene rings is 1. The van der Waals surface area contributed by atoms with Crippen LogP contribution in [0.3, 0.4) is 0 Å². The van der Waals surface area contributed by atoms with Crippen LogP contribution in [0, 0.1) is 5.92 Å². The van der Waals surface area contributed by atoms with Gasteiger partial charge in [0.05, 0.1) is 6.61 Å². The fourth-order valence-electron chi connectivity index (χ4n) is 2.55. The van der Waals surface area contributed by atoms with Gasteiger partial charge in [0, 0.05) is 43.5 Å². The molecule has 0 aliphatic heterocycles. The number of anilines is 1. The molecule has 1 atom stereocenters. The fraction of sp³-hybridized carbons (Fsp3) is 0.625. The highest BCUT2D eigenvalue weighted by Crippen LogP contribution is 2.34. The summed E-state index contributed by atoms with van der Waals surface area (Å²) >= 11 is 5.99. The molecule has 1 aromatic rings. The van der Waals surface area contributed by atoms with Crippen LogP contribution in [0.1, 0.15) is 19.8 Å². The van der Waals surface area contributed by atoms with E-state index in [9.17, 15) is 0 Å². The molecule has 1 aromatic carbocycles. The van der Waals surface area contributed by atoms with E-state index < -0.39 is 0 Å². The van der Waals surface area contributed by atoms with Gasteiger partial charge >= 0.3 is 0 Å². The topological polar surface area (TPSA) is 24.5 Å². The summed E-state index contributed by atoms with van der Waals surface area (Å²) in [5, 5.41) is 4.22. The zero-order valence-electron chi connectivity index (χ0n) is 12.4. The molecule has 0 amide bonds. The lowest BCUT2D eigenvalue weighted by molar-refractivity contribution is 0.120. The minimum absolute atomic E-state index is 0.659. The SMILES string of the molecule is COCCN(CCNc1cccc(Cl)c1)C(C)C1CC1. The Bertz CT molecular complexity index is 409. The first-order chi connectivity index (χ1) is 9.70. The van der Waals surface area contributed by atoms with Crippen LogP contribution in [0.2, 0.25) is 5.02 Å². The average Bonchev–Trinajstić information content (AvgIpc) is 3.26. The lowest BCUT2D eigenvalue weighted by atomic mass is 10.2. The molecule has 1 saturated carbocycles. The Labute approximate surface area is 127 Å². The van der Waals surface area contributed by atoms with Crippen LogP contribution in [-0.4, -0.2) is 44.3 Å². The third kappa shape index (κ3) is 4.97. The molecule has 1 fully saturated rings. The van der Waals surface area contributed by atoms with E-state index in [2.05, 4.69) is 23.2 Å². The summed E-state index contributed by atoms with van der Waals surface area (Å²) in [6.07, 6.45) is 2.76. The van der Waals surface area contributed by atoms with Gasteiger partial charge in [-0.3, -0.25) is 4.90 Å². The van der Waals surface area contributed by atoms with Gasteiger partial charge in [0.1, 0.15) is 0 Å². The lowest BCUT2D eigenvalue weighted by Crippen LogP contribution is -2.40. The normalized spacial score (nSPS) is 16.4. The van der Waals surface area contributed by atoms with Crippen LogP contribution in [0.5, 0.6) is 0 Å². The van der Waals surface area contributed by atoms with Crippen molar-refractivity contribution in [1.29, 1.82) is 0 Å². The molecule has 1 unspecified atom stereocenters. The number of rotatable bonds is 9. The molecule has 0 bridgehead atoms. The second-order valence-electron chi connectivity index (χ2n) is 5.54. The van der Waals surface area contributed by atoms with E-state index in [1.807, 2.05) is 18.2 Å². The molecule has 0 radical (unpaired) electrons. The molecule has 1 N–H and O–H groups in total. The summed E-state index contributed by atoms with van der Waals surface area (Å²) in [7, 11) is 1.77. The smallest absolute Gasteiger partial charge is 0.0589 e. The van der Waals surface area contributed by atoms with E-state index in [0.29, 0.717) is 6.04 Å². The van der Waals surface area contributed by atoms with Crippen molar-refractivity contribution in [2.24, 2.45) is 5.92 Å². The zero-order chi connectivity index (χ0) is 14.4. The van der Waals surface area contributed by atoms with Crippen molar-refractivity contribution in [3.05, 3.63) is 29.3 Å². The van der Waals surface area contributed by atoms with Crippen LogP contribution < -0.4 is 5.32 Å². The maximum Gasteiger partial charge on any atom is 0.0589 e. The van der Waals surface area contributed by atoms with Gasteiger partial charge in [0.2, 0.25) is 0 Å². The molecule has 2 rings (SSSR count). The number of nitrogens with one attached hydrogen (secondary N) is 1.